The third kappa shape index (κ3) is 4.07. The lowest BCUT2D eigenvalue weighted by Crippen LogP contribution is -2.27. The lowest BCUT2D eigenvalue weighted by molar-refractivity contribution is -0.138. The number of carboxylic acid groups (broad SMARTS) is 1. The molecule has 0 aliphatic carbocycles. The molecule has 0 aromatic carbocycles. The number of nitrogens with zero attached hydrogens (tertiary/aromatic N) is 2. The summed E-state index contributed by atoms with van der Waals surface area (Å²) < 4.78 is -0.922. The number of hydrogen-bond acceptors (Lipinski definition) is 4. The Morgan fingerprint density at radius 2 is 1.81 bits per heavy atom. The van der Waals surface area contributed by atoms with Gasteiger partial charge in [-0.05, 0) is 32.0 Å². The zero-order valence-corrected chi connectivity index (χ0v) is 12.5. The van der Waals surface area contributed by atoms with Gasteiger partial charge in [-0.15, -0.1) is 11.8 Å². The molecular weight excluding hydrogens is 284 g/mol. The van der Waals surface area contributed by atoms with Crippen molar-refractivity contribution in [1.29, 1.82) is 0 Å². The van der Waals surface area contributed by atoms with Crippen LogP contribution in [0, 0.1) is 11.8 Å². The fourth-order valence-electron chi connectivity index (χ4n) is 1.46. The Kier molecular flexibility index (Phi) is 4.61. The van der Waals surface area contributed by atoms with Gasteiger partial charge in [0.2, 0.25) is 0 Å². The van der Waals surface area contributed by atoms with Crippen LogP contribution in [0.4, 0.5) is 0 Å². The van der Waals surface area contributed by atoms with Crippen LogP contribution in [0.5, 0.6) is 0 Å². The lowest BCUT2D eigenvalue weighted by Gasteiger charge is -2.18. The molecule has 0 atom stereocenters. The molecule has 0 aliphatic rings. The Morgan fingerprint density at radius 1 is 1.14 bits per heavy atom. The van der Waals surface area contributed by atoms with E-state index in [1.165, 1.54) is 11.8 Å². The van der Waals surface area contributed by atoms with Crippen molar-refractivity contribution in [2.45, 2.75) is 23.5 Å². The third-order valence-electron chi connectivity index (χ3n) is 2.68. The number of pyridine rings is 2. The molecule has 0 saturated heterocycles. The van der Waals surface area contributed by atoms with Gasteiger partial charge in [-0.3, -0.25) is 14.8 Å². The van der Waals surface area contributed by atoms with Crippen molar-refractivity contribution in [3.05, 3.63) is 54.1 Å². The molecule has 4 nitrogen and oxygen atoms in total. The third-order valence-corrected chi connectivity index (χ3v) is 3.94. The first kappa shape index (κ1) is 15.1. The molecule has 0 aliphatic heterocycles. The zero-order chi connectivity index (χ0) is 15.3. The van der Waals surface area contributed by atoms with E-state index in [2.05, 4.69) is 21.8 Å². The second-order valence-corrected chi connectivity index (χ2v) is 6.44. The highest BCUT2D eigenvalue weighted by Gasteiger charge is 2.29. The van der Waals surface area contributed by atoms with Gasteiger partial charge in [0.1, 0.15) is 4.75 Å². The van der Waals surface area contributed by atoms with Crippen molar-refractivity contribution < 1.29 is 9.90 Å². The highest BCUT2D eigenvalue weighted by Crippen LogP contribution is 2.34. The van der Waals surface area contributed by atoms with Gasteiger partial charge in [0.25, 0.3) is 0 Å². The van der Waals surface area contributed by atoms with Gasteiger partial charge >= 0.3 is 5.97 Å². The molecule has 2 rings (SSSR count). The van der Waals surface area contributed by atoms with Crippen LogP contribution >= 0.6 is 11.8 Å². The molecule has 5 heteroatoms. The van der Waals surface area contributed by atoms with Gasteiger partial charge in [-0.2, -0.15) is 0 Å². The molecule has 0 radical (unpaired) electrons. The second kappa shape index (κ2) is 6.42. The van der Waals surface area contributed by atoms with Crippen molar-refractivity contribution in [3.63, 3.8) is 0 Å². The van der Waals surface area contributed by atoms with Gasteiger partial charge in [0, 0.05) is 35.2 Å². The Hall–Kier alpha value is -2.32. The summed E-state index contributed by atoms with van der Waals surface area (Å²) in [4.78, 5) is 20.0. The van der Waals surface area contributed by atoms with Crippen LogP contribution in [0.1, 0.15) is 25.0 Å². The predicted molar refractivity (Wildman–Crippen MR) is 82.0 cm³/mol. The maximum absolute atomic E-state index is 11.2. The average Bonchev–Trinajstić information content (AvgIpc) is 2.47. The van der Waals surface area contributed by atoms with Crippen LogP contribution in [0.3, 0.4) is 0 Å². The van der Waals surface area contributed by atoms with Crippen molar-refractivity contribution >= 4 is 17.7 Å². The van der Waals surface area contributed by atoms with E-state index < -0.39 is 10.7 Å². The monoisotopic (exact) mass is 298 g/mol. The molecule has 0 saturated carbocycles. The Labute approximate surface area is 127 Å². The SMILES string of the molecule is CC(C)(Sc1ccncc1C#Cc1ccncc1)C(=O)O. The number of carboxylic acids is 1. The van der Waals surface area contributed by atoms with Crippen LogP contribution in [0.2, 0.25) is 0 Å². The van der Waals surface area contributed by atoms with E-state index in [9.17, 15) is 9.90 Å². The van der Waals surface area contributed by atoms with Crippen LogP contribution in [0.15, 0.2) is 47.9 Å². The molecule has 2 aromatic heterocycles. The van der Waals surface area contributed by atoms with Crippen LogP contribution in [0.25, 0.3) is 0 Å². The van der Waals surface area contributed by atoms with Crippen molar-refractivity contribution in [1.82, 2.24) is 9.97 Å². The van der Waals surface area contributed by atoms with E-state index in [1.54, 1.807) is 44.7 Å². The summed E-state index contributed by atoms with van der Waals surface area (Å²) in [6.45, 7) is 3.33. The minimum Gasteiger partial charge on any atom is -0.480 e. The molecule has 0 spiro atoms. The predicted octanol–water partition coefficient (Wildman–Crippen LogP) is 2.83. The lowest BCUT2D eigenvalue weighted by atomic mass is 10.2. The quantitative estimate of drug-likeness (QED) is 0.697. The smallest absolute Gasteiger partial charge is 0.319 e. The topological polar surface area (TPSA) is 63.1 Å². The molecular formula is C16H14N2O2S. The number of hydrogen-bond donors (Lipinski definition) is 1. The first-order chi connectivity index (χ1) is 9.99. The van der Waals surface area contributed by atoms with Crippen LogP contribution in [-0.2, 0) is 4.79 Å². The van der Waals surface area contributed by atoms with E-state index in [0.717, 1.165) is 10.5 Å². The van der Waals surface area contributed by atoms with Gasteiger partial charge in [-0.25, -0.2) is 0 Å². The Bertz CT molecular complexity index is 703. The van der Waals surface area contributed by atoms with Gasteiger partial charge in [-0.1, -0.05) is 11.8 Å². The number of thioether (sulfide) groups is 1. The first-order valence-electron chi connectivity index (χ1n) is 6.27. The summed E-state index contributed by atoms with van der Waals surface area (Å²) in [7, 11) is 0. The van der Waals surface area contributed by atoms with Crippen molar-refractivity contribution in [2.24, 2.45) is 0 Å². The second-order valence-electron chi connectivity index (χ2n) is 4.78. The maximum Gasteiger partial charge on any atom is 0.319 e. The number of rotatable bonds is 3. The van der Waals surface area contributed by atoms with Crippen molar-refractivity contribution in [2.75, 3.05) is 0 Å². The van der Waals surface area contributed by atoms with E-state index in [4.69, 9.17) is 0 Å². The summed E-state index contributed by atoms with van der Waals surface area (Å²) in [5.41, 5.74) is 1.57. The molecule has 2 aromatic rings. The summed E-state index contributed by atoms with van der Waals surface area (Å²) in [5.74, 6) is 5.20. The van der Waals surface area contributed by atoms with Crippen molar-refractivity contribution in [3.8, 4) is 11.8 Å². The summed E-state index contributed by atoms with van der Waals surface area (Å²) in [6.07, 6.45) is 6.64. The fraction of sp³-hybridized carbons (Fsp3) is 0.188. The van der Waals surface area contributed by atoms with Crippen LogP contribution < -0.4 is 0 Å². The molecule has 0 amide bonds. The fourth-order valence-corrected chi connectivity index (χ4v) is 2.44. The molecule has 0 bridgehead atoms. The highest BCUT2D eigenvalue weighted by molar-refractivity contribution is 8.01. The first-order valence-corrected chi connectivity index (χ1v) is 7.09. The standard InChI is InChI=1S/C16H14N2O2S/c1-16(2,15(19)20)21-14-7-10-18-11-13(14)4-3-12-5-8-17-9-6-12/h5-11H,1-2H3,(H,19,20). The molecule has 1 N–H and O–H groups in total. The maximum atomic E-state index is 11.2. The normalized spacial score (nSPS) is 10.6. The minimum atomic E-state index is -0.922. The Morgan fingerprint density at radius 3 is 2.48 bits per heavy atom. The number of aliphatic carboxylic acids is 1. The summed E-state index contributed by atoms with van der Waals surface area (Å²) in [6, 6.07) is 5.42. The van der Waals surface area contributed by atoms with Gasteiger partial charge in [0.15, 0.2) is 0 Å². The average molecular weight is 298 g/mol. The summed E-state index contributed by atoms with van der Waals surface area (Å²) in [5, 5.41) is 9.22. The minimum absolute atomic E-state index is 0.716. The molecule has 0 fully saturated rings. The Balaban J connectivity index is 2.30. The van der Waals surface area contributed by atoms with E-state index >= 15 is 0 Å². The van der Waals surface area contributed by atoms with Crippen LogP contribution in [-0.4, -0.2) is 25.8 Å². The highest BCUT2D eigenvalue weighted by atomic mass is 32.2. The molecule has 0 unspecified atom stereocenters. The van der Waals surface area contributed by atoms with E-state index in [-0.39, 0.29) is 0 Å². The molecule has 2 heterocycles. The largest absolute Gasteiger partial charge is 0.480 e. The zero-order valence-electron chi connectivity index (χ0n) is 11.7. The number of carbonyl (C=O) groups is 1. The molecule has 106 valence electrons. The van der Waals surface area contributed by atoms with Gasteiger partial charge < -0.3 is 5.11 Å². The summed E-state index contributed by atoms with van der Waals surface area (Å²) >= 11 is 1.26. The molecule has 21 heavy (non-hydrogen) atoms. The van der Waals surface area contributed by atoms with E-state index in [0.29, 0.717) is 5.56 Å². The van der Waals surface area contributed by atoms with E-state index in [1.807, 2.05) is 12.1 Å². The van der Waals surface area contributed by atoms with Gasteiger partial charge in [0.05, 0.1) is 5.56 Å². The number of aromatic nitrogens is 2.